The van der Waals surface area contributed by atoms with E-state index >= 15 is 0 Å². The molecule has 0 unspecified atom stereocenters. The van der Waals surface area contributed by atoms with Gasteiger partial charge in [0.15, 0.2) is 0 Å². The van der Waals surface area contributed by atoms with E-state index in [4.69, 9.17) is 0 Å². The quantitative estimate of drug-likeness (QED) is 0.716. The summed E-state index contributed by atoms with van der Waals surface area (Å²) in [4.78, 5) is 38.3. The van der Waals surface area contributed by atoms with E-state index in [0.29, 0.717) is 23.9 Å². The second kappa shape index (κ2) is 8.25. The highest BCUT2D eigenvalue weighted by molar-refractivity contribution is 5.82. The predicted molar refractivity (Wildman–Crippen MR) is 110 cm³/mol. The lowest BCUT2D eigenvalue weighted by Gasteiger charge is -2.17. The van der Waals surface area contributed by atoms with Gasteiger partial charge in [-0.3, -0.25) is 18.7 Å². The van der Waals surface area contributed by atoms with Gasteiger partial charge in [-0.25, -0.2) is 4.79 Å². The zero-order chi connectivity index (χ0) is 20.3. The Labute approximate surface area is 163 Å². The summed E-state index contributed by atoms with van der Waals surface area (Å²) in [7, 11) is 0. The summed E-state index contributed by atoms with van der Waals surface area (Å²) in [5, 5.41) is 3.38. The van der Waals surface area contributed by atoms with E-state index in [-0.39, 0.29) is 24.1 Å². The van der Waals surface area contributed by atoms with Crippen LogP contribution >= 0.6 is 0 Å². The fraction of sp³-hybridized carbons (Fsp3) is 0.318. The first kappa shape index (κ1) is 19.6. The molecule has 0 bridgehead atoms. The molecular formula is C22H25N3O3. The van der Waals surface area contributed by atoms with Crippen LogP contribution in [-0.4, -0.2) is 15.0 Å². The van der Waals surface area contributed by atoms with Crippen LogP contribution in [0, 0.1) is 6.92 Å². The number of hydrogen-bond acceptors (Lipinski definition) is 3. The van der Waals surface area contributed by atoms with Gasteiger partial charge in [0.25, 0.3) is 5.56 Å². The van der Waals surface area contributed by atoms with Gasteiger partial charge in [-0.15, -0.1) is 0 Å². The molecule has 0 fully saturated rings. The van der Waals surface area contributed by atoms with Crippen LogP contribution in [0.2, 0.25) is 0 Å². The van der Waals surface area contributed by atoms with Gasteiger partial charge in [0.2, 0.25) is 5.91 Å². The average Bonchev–Trinajstić information content (AvgIpc) is 2.69. The van der Waals surface area contributed by atoms with Crippen LogP contribution in [0.5, 0.6) is 0 Å². The molecule has 3 rings (SSSR count). The molecule has 1 heterocycles. The van der Waals surface area contributed by atoms with Gasteiger partial charge in [0.05, 0.1) is 16.9 Å². The highest BCUT2D eigenvalue weighted by atomic mass is 16.2. The summed E-state index contributed by atoms with van der Waals surface area (Å²) in [5.41, 5.74) is 1.64. The third-order valence-corrected chi connectivity index (χ3v) is 4.81. The largest absolute Gasteiger partial charge is 0.348 e. The second-order valence-electron chi connectivity index (χ2n) is 7.05. The molecule has 6 nitrogen and oxygen atoms in total. The van der Waals surface area contributed by atoms with E-state index in [2.05, 4.69) is 5.32 Å². The zero-order valence-corrected chi connectivity index (χ0v) is 16.4. The highest BCUT2D eigenvalue weighted by Gasteiger charge is 2.16. The fourth-order valence-corrected chi connectivity index (χ4v) is 3.37. The Kier molecular flexibility index (Phi) is 5.78. The number of aryl methyl sites for hydroxylation is 1. The van der Waals surface area contributed by atoms with Crippen LogP contribution in [-0.2, 0) is 17.9 Å². The fourth-order valence-electron chi connectivity index (χ4n) is 3.37. The maximum atomic E-state index is 12.9. The van der Waals surface area contributed by atoms with Crippen LogP contribution < -0.4 is 16.6 Å². The Hall–Kier alpha value is -3.15. The molecule has 1 aromatic heterocycles. The number of aromatic nitrogens is 2. The minimum atomic E-state index is -0.453. The van der Waals surface area contributed by atoms with Gasteiger partial charge in [0.1, 0.15) is 6.54 Å². The molecule has 1 amide bonds. The summed E-state index contributed by atoms with van der Waals surface area (Å²) >= 11 is 0. The van der Waals surface area contributed by atoms with Gasteiger partial charge in [-0.1, -0.05) is 48.9 Å². The Morgan fingerprint density at radius 3 is 2.46 bits per heavy atom. The van der Waals surface area contributed by atoms with E-state index in [1.807, 2.05) is 57.2 Å². The number of amides is 1. The van der Waals surface area contributed by atoms with Crippen LogP contribution in [0.3, 0.4) is 0 Å². The molecule has 0 aliphatic carbocycles. The number of carbonyl (C=O) groups excluding carboxylic acids is 1. The SMILES string of the molecule is CCCn1c(=O)c2cc(C)ccc2n(CC(=O)N[C@@H](C)c2ccccc2)c1=O. The second-order valence-corrected chi connectivity index (χ2v) is 7.05. The van der Waals surface area contributed by atoms with Crippen molar-refractivity contribution in [1.82, 2.24) is 14.5 Å². The van der Waals surface area contributed by atoms with Crippen molar-refractivity contribution in [3.63, 3.8) is 0 Å². The Balaban J connectivity index is 1.99. The van der Waals surface area contributed by atoms with Gasteiger partial charge in [-0.05, 0) is 38.0 Å². The predicted octanol–water partition coefficient (Wildman–Crippen LogP) is 2.76. The Bertz CT molecular complexity index is 1110. The summed E-state index contributed by atoms with van der Waals surface area (Å²) in [6.45, 7) is 5.89. The van der Waals surface area contributed by atoms with Crippen LogP contribution in [0.4, 0.5) is 0 Å². The molecule has 28 heavy (non-hydrogen) atoms. The zero-order valence-electron chi connectivity index (χ0n) is 16.4. The molecule has 3 aromatic rings. The monoisotopic (exact) mass is 379 g/mol. The molecule has 1 atom stereocenters. The standard InChI is InChI=1S/C22H25N3O3/c1-4-12-24-21(27)18-13-15(2)10-11-19(18)25(22(24)28)14-20(26)23-16(3)17-8-6-5-7-9-17/h5-11,13,16H,4,12,14H2,1-3H3,(H,23,26)/t16-/m0/s1. The van der Waals surface area contributed by atoms with Crippen molar-refractivity contribution in [3.8, 4) is 0 Å². The molecule has 146 valence electrons. The number of nitrogens with zero attached hydrogens (tertiary/aromatic N) is 2. The minimum absolute atomic E-state index is 0.139. The summed E-state index contributed by atoms with van der Waals surface area (Å²) < 4.78 is 2.61. The minimum Gasteiger partial charge on any atom is -0.348 e. The van der Waals surface area contributed by atoms with Crippen molar-refractivity contribution >= 4 is 16.8 Å². The van der Waals surface area contributed by atoms with E-state index in [9.17, 15) is 14.4 Å². The van der Waals surface area contributed by atoms with Crippen molar-refractivity contribution in [2.24, 2.45) is 0 Å². The number of carbonyl (C=O) groups is 1. The molecular weight excluding hydrogens is 354 g/mol. The van der Waals surface area contributed by atoms with E-state index in [1.54, 1.807) is 12.1 Å². The molecule has 1 N–H and O–H groups in total. The number of hydrogen-bond donors (Lipinski definition) is 1. The van der Waals surface area contributed by atoms with E-state index < -0.39 is 5.69 Å². The lowest BCUT2D eigenvalue weighted by Crippen LogP contribution is -2.42. The molecule has 2 aromatic carbocycles. The first-order valence-corrected chi connectivity index (χ1v) is 9.50. The topological polar surface area (TPSA) is 73.1 Å². The van der Waals surface area contributed by atoms with E-state index in [1.165, 1.54) is 9.13 Å². The lowest BCUT2D eigenvalue weighted by molar-refractivity contribution is -0.122. The van der Waals surface area contributed by atoms with Crippen molar-refractivity contribution in [2.75, 3.05) is 0 Å². The maximum Gasteiger partial charge on any atom is 0.331 e. The van der Waals surface area contributed by atoms with Crippen molar-refractivity contribution < 1.29 is 4.79 Å². The van der Waals surface area contributed by atoms with Crippen LogP contribution in [0.1, 0.15) is 37.4 Å². The normalized spacial score (nSPS) is 12.1. The van der Waals surface area contributed by atoms with Crippen LogP contribution in [0.25, 0.3) is 10.9 Å². The summed E-state index contributed by atoms with van der Waals surface area (Å²) in [6.07, 6.45) is 0.656. The summed E-state index contributed by atoms with van der Waals surface area (Å²) in [6, 6.07) is 14.8. The Morgan fingerprint density at radius 1 is 1.07 bits per heavy atom. The summed E-state index contributed by atoms with van der Waals surface area (Å²) in [5.74, 6) is -0.276. The molecule has 0 aliphatic rings. The molecule has 6 heteroatoms. The number of rotatable bonds is 6. The third-order valence-electron chi connectivity index (χ3n) is 4.81. The van der Waals surface area contributed by atoms with Gasteiger partial charge < -0.3 is 5.32 Å². The van der Waals surface area contributed by atoms with E-state index in [0.717, 1.165) is 11.1 Å². The molecule has 0 radical (unpaired) electrons. The van der Waals surface area contributed by atoms with Gasteiger partial charge >= 0.3 is 5.69 Å². The Morgan fingerprint density at radius 2 is 1.79 bits per heavy atom. The van der Waals surface area contributed by atoms with Crippen molar-refractivity contribution in [1.29, 1.82) is 0 Å². The molecule has 0 saturated heterocycles. The van der Waals surface area contributed by atoms with Crippen LogP contribution in [0.15, 0.2) is 58.1 Å². The molecule has 0 saturated carbocycles. The number of nitrogens with one attached hydrogen (secondary N) is 1. The number of fused-ring (bicyclic) bond motifs is 1. The van der Waals surface area contributed by atoms with Gasteiger partial charge in [-0.2, -0.15) is 0 Å². The maximum absolute atomic E-state index is 12.9. The van der Waals surface area contributed by atoms with Crippen molar-refractivity contribution in [2.45, 2.75) is 46.3 Å². The molecule has 0 aliphatic heterocycles. The third kappa shape index (κ3) is 3.91. The lowest BCUT2D eigenvalue weighted by atomic mass is 10.1. The van der Waals surface area contributed by atoms with Gasteiger partial charge in [0, 0.05) is 6.54 Å². The average molecular weight is 379 g/mol. The first-order valence-electron chi connectivity index (χ1n) is 9.50. The smallest absolute Gasteiger partial charge is 0.331 e. The number of benzene rings is 2. The molecule has 0 spiro atoms. The highest BCUT2D eigenvalue weighted by Crippen LogP contribution is 2.13. The first-order chi connectivity index (χ1) is 13.4. The van der Waals surface area contributed by atoms with Crippen molar-refractivity contribution in [3.05, 3.63) is 80.5 Å².